The molecule has 0 saturated heterocycles. The normalized spacial score (nSPS) is 11.2. The van der Waals surface area contributed by atoms with Crippen LogP contribution in [0.3, 0.4) is 0 Å². The fraction of sp³-hybridized carbons (Fsp3) is 0.208. The topological polar surface area (TPSA) is 70.6 Å². The maximum Gasteiger partial charge on any atom is 0.272 e. The van der Waals surface area contributed by atoms with Crippen molar-refractivity contribution < 1.29 is 9.59 Å². The number of hydrazone groups is 1. The highest BCUT2D eigenvalue weighted by Crippen LogP contribution is 2.16. The van der Waals surface area contributed by atoms with Crippen LogP contribution in [0.5, 0.6) is 0 Å². The third-order valence-corrected chi connectivity index (χ3v) is 5.53. The largest absolute Gasteiger partial charge is 0.326 e. The van der Waals surface area contributed by atoms with E-state index in [1.165, 1.54) is 4.88 Å². The van der Waals surface area contributed by atoms with Crippen LogP contribution in [0.15, 0.2) is 71.1 Å². The van der Waals surface area contributed by atoms with Crippen LogP contribution in [0.4, 0.5) is 5.69 Å². The van der Waals surface area contributed by atoms with Crippen molar-refractivity contribution in [2.75, 3.05) is 5.32 Å². The van der Waals surface area contributed by atoms with Crippen molar-refractivity contribution in [1.82, 2.24) is 5.43 Å². The summed E-state index contributed by atoms with van der Waals surface area (Å²) in [5.74, 6) is -0.275. The monoisotopic (exact) mass is 419 g/mol. The van der Waals surface area contributed by atoms with E-state index in [2.05, 4.69) is 22.8 Å². The van der Waals surface area contributed by atoms with E-state index in [1.54, 1.807) is 11.3 Å². The summed E-state index contributed by atoms with van der Waals surface area (Å²) in [5, 5.41) is 8.96. The number of amides is 2. The number of hydrogen-bond donors (Lipinski definition) is 2. The van der Waals surface area contributed by atoms with Gasteiger partial charge in [0.1, 0.15) is 0 Å². The molecule has 0 aliphatic carbocycles. The minimum absolute atomic E-state index is 0.0650. The number of hydrogen-bond acceptors (Lipinski definition) is 4. The van der Waals surface area contributed by atoms with Crippen molar-refractivity contribution in [2.45, 2.75) is 33.1 Å². The standard InChI is InChI=1S/C24H25N3O2S/c1-3-7-22-15-20(16-30-22)24(29)27-26-17(2)19-10-12-21(13-11-19)25-23(28)14-18-8-5-4-6-9-18/h4-6,8-13,15-16H,3,7,14H2,1-2H3,(H,25,28)(H,27,29)/b26-17+. The molecule has 2 N–H and O–H groups in total. The summed E-state index contributed by atoms with van der Waals surface area (Å²) < 4.78 is 0. The molecule has 0 aliphatic heterocycles. The van der Waals surface area contributed by atoms with E-state index < -0.39 is 0 Å². The van der Waals surface area contributed by atoms with E-state index in [1.807, 2.05) is 73.0 Å². The van der Waals surface area contributed by atoms with Gasteiger partial charge in [-0.15, -0.1) is 11.3 Å². The summed E-state index contributed by atoms with van der Waals surface area (Å²) in [7, 11) is 0. The zero-order valence-corrected chi connectivity index (χ0v) is 18.0. The van der Waals surface area contributed by atoms with Crippen LogP contribution >= 0.6 is 11.3 Å². The van der Waals surface area contributed by atoms with Crippen LogP contribution in [0, 0.1) is 0 Å². The van der Waals surface area contributed by atoms with Crippen LogP contribution < -0.4 is 10.7 Å². The molecule has 0 fully saturated rings. The molecule has 0 atom stereocenters. The predicted molar refractivity (Wildman–Crippen MR) is 123 cm³/mol. The number of aryl methyl sites for hydroxylation is 1. The van der Waals surface area contributed by atoms with Crippen molar-refractivity contribution in [3.05, 3.63) is 87.6 Å². The lowest BCUT2D eigenvalue weighted by atomic mass is 10.1. The Bertz CT molecular complexity index is 1020. The maximum atomic E-state index is 12.3. The molecule has 0 saturated carbocycles. The van der Waals surface area contributed by atoms with Crippen molar-refractivity contribution in [2.24, 2.45) is 5.10 Å². The molecule has 0 aliphatic rings. The molecular weight excluding hydrogens is 394 g/mol. The van der Waals surface area contributed by atoms with Gasteiger partial charge in [-0.05, 0) is 42.7 Å². The lowest BCUT2D eigenvalue weighted by molar-refractivity contribution is -0.115. The van der Waals surface area contributed by atoms with Gasteiger partial charge in [0.2, 0.25) is 5.91 Å². The van der Waals surface area contributed by atoms with Crippen molar-refractivity contribution in [3.8, 4) is 0 Å². The van der Waals surface area contributed by atoms with Crippen LogP contribution in [-0.2, 0) is 17.6 Å². The van der Waals surface area contributed by atoms with Gasteiger partial charge in [-0.1, -0.05) is 55.8 Å². The summed E-state index contributed by atoms with van der Waals surface area (Å²) in [6, 6.07) is 18.9. The highest BCUT2D eigenvalue weighted by Gasteiger charge is 2.09. The lowest BCUT2D eigenvalue weighted by Crippen LogP contribution is -2.18. The summed E-state index contributed by atoms with van der Waals surface area (Å²) in [5.41, 5.74) is 6.50. The lowest BCUT2D eigenvalue weighted by Gasteiger charge is -2.07. The molecule has 6 heteroatoms. The SMILES string of the molecule is CCCc1cc(C(=O)N/N=C(\C)c2ccc(NC(=O)Cc3ccccc3)cc2)cs1. The first-order chi connectivity index (χ1) is 14.5. The Hall–Kier alpha value is -3.25. The predicted octanol–water partition coefficient (Wildman–Crippen LogP) is 5.04. The van der Waals surface area contributed by atoms with Gasteiger partial charge in [-0.25, -0.2) is 5.43 Å². The fourth-order valence-electron chi connectivity index (χ4n) is 2.92. The van der Waals surface area contributed by atoms with E-state index in [0.29, 0.717) is 17.7 Å². The van der Waals surface area contributed by atoms with Gasteiger partial charge >= 0.3 is 0 Å². The molecule has 0 unspecified atom stereocenters. The van der Waals surface area contributed by atoms with Crippen LogP contribution in [0.1, 0.15) is 46.6 Å². The molecule has 2 aromatic carbocycles. The number of nitrogens with one attached hydrogen (secondary N) is 2. The second-order valence-corrected chi connectivity index (χ2v) is 7.97. The zero-order chi connectivity index (χ0) is 21.3. The Morgan fingerprint density at radius 1 is 1.00 bits per heavy atom. The summed E-state index contributed by atoms with van der Waals surface area (Å²) in [6.07, 6.45) is 2.37. The number of nitrogens with zero attached hydrogens (tertiary/aromatic N) is 1. The number of anilines is 1. The minimum Gasteiger partial charge on any atom is -0.326 e. The molecule has 1 heterocycles. The maximum absolute atomic E-state index is 12.3. The van der Waals surface area contributed by atoms with Gasteiger partial charge in [0.15, 0.2) is 0 Å². The van der Waals surface area contributed by atoms with Crippen molar-refractivity contribution in [1.29, 1.82) is 0 Å². The average Bonchev–Trinajstić information content (AvgIpc) is 3.22. The first-order valence-corrected chi connectivity index (χ1v) is 10.8. The fourth-order valence-corrected chi connectivity index (χ4v) is 3.89. The van der Waals surface area contributed by atoms with Gasteiger partial charge in [-0.3, -0.25) is 9.59 Å². The Morgan fingerprint density at radius 2 is 1.73 bits per heavy atom. The van der Waals surface area contributed by atoms with Gasteiger partial charge < -0.3 is 5.32 Å². The number of benzene rings is 2. The molecular formula is C24H25N3O2S. The number of rotatable bonds is 8. The van der Waals surface area contributed by atoms with Gasteiger partial charge in [0, 0.05) is 15.9 Å². The molecule has 3 aromatic rings. The number of thiophene rings is 1. The van der Waals surface area contributed by atoms with Crippen LogP contribution in [-0.4, -0.2) is 17.5 Å². The molecule has 1 aromatic heterocycles. The third kappa shape index (κ3) is 6.12. The highest BCUT2D eigenvalue weighted by molar-refractivity contribution is 7.10. The van der Waals surface area contributed by atoms with E-state index in [-0.39, 0.29) is 11.8 Å². The summed E-state index contributed by atoms with van der Waals surface area (Å²) in [4.78, 5) is 25.6. The first-order valence-electron chi connectivity index (χ1n) is 9.91. The Balaban J connectivity index is 1.55. The molecule has 2 amide bonds. The van der Waals surface area contributed by atoms with E-state index in [0.717, 1.165) is 29.7 Å². The van der Waals surface area contributed by atoms with E-state index >= 15 is 0 Å². The molecule has 0 bridgehead atoms. The number of carbonyl (C=O) groups excluding carboxylic acids is 2. The smallest absolute Gasteiger partial charge is 0.272 e. The van der Waals surface area contributed by atoms with Gasteiger partial charge in [0.05, 0.1) is 17.7 Å². The Morgan fingerprint density at radius 3 is 2.43 bits per heavy atom. The van der Waals surface area contributed by atoms with Crippen molar-refractivity contribution in [3.63, 3.8) is 0 Å². The number of carbonyl (C=O) groups is 2. The molecule has 0 radical (unpaired) electrons. The minimum atomic E-state index is -0.210. The average molecular weight is 420 g/mol. The van der Waals surface area contributed by atoms with Gasteiger partial charge in [0.25, 0.3) is 5.91 Å². The Labute approximate surface area is 180 Å². The molecule has 154 valence electrons. The molecule has 3 rings (SSSR count). The molecule has 5 nitrogen and oxygen atoms in total. The quantitative estimate of drug-likeness (QED) is 0.397. The second-order valence-electron chi connectivity index (χ2n) is 6.98. The Kier molecular flexibility index (Phi) is 7.51. The van der Waals surface area contributed by atoms with E-state index in [9.17, 15) is 9.59 Å². The highest BCUT2D eigenvalue weighted by atomic mass is 32.1. The summed E-state index contributed by atoms with van der Waals surface area (Å²) >= 11 is 1.60. The summed E-state index contributed by atoms with van der Waals surface area (Å²) in [6.45, 7) is 3.95. The van der Waals surface area contributed by atoms with Crippen molar-refractivity contribution >= 4 is 34.6 Å². The second kappa shape index (κ2) is 10.5. The van der Waals surface area contributed by atoms with Crippen LogP contribution in [0.25, 0.3) is 0 Å². The van der Waals surface area contributed by atoms with Gasteiger partial charge in [-0.2, -0.15) is 5.10 Å². The van der Waals surface area contributed by atoms with Crippen LogP contribution in [0.2, 0.25) is 0 Å². The zero-order valence-electron chi connectivity index (χ0n) is 17.1. The van der Waals surface area contributed by atoms with E-state index in [4.69, 9.17) is 0 Å². The third-order valence-electron chi connectivity index (χ3n) is 4.53. The molecule has 0 spiro atoms. The molecule has 30 heavy (non-hydrogen) atoms. The first kappa shape index (κ1) is 21.5.